The molecule has 6 heteroatoms. The van der Waals surface area contributed by atoms with Gasteiger partial charge in [0.1, 0.15) is 11.5 Å². The summed E-state index contributed by atoms with van der Waals surface area (Å²) in [6.07, 6.45) is 5.11. The number of nitrogens with zero attached hydrogens (tertiary/aromatic N) is 2. The highest BCUT2D eigenvalue weighted by molar-refractivity contribution is 5.85. The predicted molar refractivity (Wildman–Crippen MR) is 115 cm³/mol. The molecule has 0 unspecified atom stereocenters. The first-order valence-electron chi connectivity index (χ1n) is 11.1. The molecule has 1 aliphatic heterocycles. The standard InChI is InChI=1S/C24H31N3O3/c1-3-25-23(29)24(12-5-13-27(16-24)22(28)19-6-4-7-19)15-20-14-21(26-30-20)18-10-8-17(2)9-11-18/h8-11,14,19H,3-7,12-13,15-16H2,1-2H3,(H,25,29)/t24-/m1/s1. The normalized spacial score (nSPS) is 21.9. The molecule has 1 saturated carbocycles. The molecule has 160 valence electrons. The second-order valence-corrected chi connectivity index (χ2v) is 8.85. The Bertz CT molecular complexity index is 901. The Hall–Kier alpha value is -2.63. The first kappa shape index (κ1) is 20.6. The van der Waals surface area contributed by atoms with Crippen LogP contribution in [0.2, 0.25) is 0 Å². The number of hydrogen-bond donors (Lipinski definition) is 1. The van der Waals surface area contributed by atoms with Gasteiger partial charge in [0.15, 0.2) is 0 Å². The molecule has 2 heterocycles. The summed E-state index contributed by atoms with van der Waals surface area (Å²) in [5, 5.41) is 7.23. The zero-order valence-electron chi connectivity index (χ0n) is 17.9. The van der Waals surface area contributed by atoms with Gasteiger partial charge in [-0.05, 0) is 39.5 Å². The minimum Gasteiger partial charge on any atom is -0.361 e. The van der Waals surface area contributed by atoms with Crippen LogP contribution in [-0.2, 0) is 16.0 Å². The first-order chi connectivity index (χ1) is 14.5. The van der Waals surface area contributed by atoms with Crippen LogP contribution in [0.4, 0.5) is 0 Å². The molecule has 1 aromatic heterocycles. The van der Waals surface area contributed by atoms with Crippen molar-refractivity contribution in [3.8, 4) is 11.3 Å². The number of aromatic nitrogens is 1. The smallest absolute Gasteiger partial charge is 0.228 e. The van der Waals surface area contributed by atoms with Crippen molar-refractivity contribution < 1.29 is 14.1 Å². The summed E-state index contributed by atoms with van der Waals surface area (Å²) in [6, 6.07) is 10.1. The lowest BCUT2D eigenvalue weighted by Crippen LogP contribution is -2.55. The molecule has 0 radical (unpaired) electrons. The van der Waals surface area contributed by atoms with Crippen LogP contribution < -0.4 is 5.32 Å². The Labute approximate surface area is 178 Å². The fourth-order valence-corrected chi connectivity index (χ4v) is 4.58. The highest BCUT2D eigenvalue weighted by Crippen LogP contribution is 2.37. The summed E-state index contributed by atoms with van der Waals surface area (Å²) in [6.45, 7) is 5.74. The van der Waals surface area contributed by atoms with Crippen molar-refractivity contribution in [3.63, 3.8) is 0 Å². The van der Waals surface area contributed by atoms with Crippen molar-refractivity contribution >= 4 is 11.8 Å². The molecular weight excluding hydrogens is 378 g/mol. The third-order valence-corrected chi connectivity index (χ3v) is 6.58. The van der Waals surface area contributed by atoms with Gasteiger partial charge in [-0.15, -0.1) is 0 Å². The van der Waals surface area contributed by atoms with Crippen molar-refractivity contribution in [1.29, 1.82) is 0 Å². The molecule has 2 fully saturated rings. The summed E-state index contributed by atoms with van der Waals surface area (Å²) >= 11 is 0. The number of piperidine rings is 1. The summed E-state index contributed by atoms with van der Waals surface area (Å²) in [7, 11) is 0. The van der Waals surface area contributed by atoms with Gasteiger partial charge in [0.2, 0.25) is 11.8 Å². The van der Waals surface area contributed by atoms with Gasteiger partial charge in [0.05, 0.1) is 5.41 Å². The second kappa shape index (κ2) is 8.62. The summed E-state index contributed by atoms with van der Waals surface area (Å²) < 4.78 is 5.65. The van der Waals surface area contributed by atoms with E-state index in [9.17, 15) is 9.59 Å². The third kappa shape index (κ3) is 4.13. The van der Waals surface area contributed by atoms with E-state index in [4.69, 9.17) is 4.52 Å². The van der Waals surface area contributed by atoms with Crippen LogP contribution in [0, 0.1) is 18.3 Å². The van der Waals surface area contributed by atoms with Crippen LogP contribution in [0.1, 0.15) is 50.4 Å². The van der Waals surface area contributed by atoms with Crippen molar-refractivity contribution in [1.82, 2.24) is 15.4 Å². The Kier molecular flexibility index (Phi) is 5.93. The van der Waals surface area contributed by atoms with Gasteiger partial charge >= 0.3 is 0 Å². The number of carbonyl (C=O) groups is 2. The molecule has 30 heavy (non-hydrogen) atoms. The van der Waals surface area contributed by atoms with E-state index >= 15 is 0 Å². The molecule has 2 aromatic rings. The number of rotatable bonds is 6. The minimum absolute atomic E-state index is 0.00407. The quantitative estimate of drug-likeness (QED) is 0.789. The molecule has 2 aliphatic rings. The molecule has 1 aromatic carbocycles. The van der Waals surface area contributed by atoms with E-state index in [2.05, 4.69) is 10.5 Å². The molecule has 6 nitrogen and oxygen atoms in total. The van der Waals surface area contributed by atoms with Crippen molar-refractivity contribution in [3.05, 3.63) is 41.7 Å². The summed E-state index contributed by atoms with van der Waals surface area (Å²) in [5.41, 5.74) is 2.29. The fraction of sp³-hybridized carbons (Fsp3) is 0.542. The van der Waals surface area contributed by atoms with Crippen molar-refractivity contribution in [2.75, 3.05) is 19.6 Å². The molecule has 1 N–H and O–H groups in total. The highest BCUT2D eigenvalue weighted by Gasteiger charge is 2.45. The molecule has 1 aliphatic carbocycles. The lowest BCUT2D eigenvalue weighted by Gasteiger charge is -2.43. The van der Waals surface area contributed by atoms with E-state index in [0.29, 0.717) is 25.3 Å². The maximum absolute atomic E-state index is 13.1. The number of hydrogen-bond acceptors (Lipinski definition) is 4. The van der Waals surface area contributed by atoms with Crippen LogP contribution in [-0.4, -0.2) is 41.5 Å². The van der Waals surface area contributed by atoms with Gasteiger partial charge in [-0.2, -0.15) is 0 Å². The Balaban J connectivity index is 1.55. The predicted octanol–water partition coefficient (Wildman–Crippen LogP) is 3.74. The van der Waals surface area contributed by atoms with E-state index < -0.39 is 5.41 Å². The Morgan fingerprint density at radius 3 is 2.67 bits per heavy atom. The van der Waals surface area contributed by atoms with Gasteiger partial charge in [-0.3, -0.25) is 9.59 Å². The van der Waals surface area contributed by atoms with E-state index in [0.717, 1.165) is 49.9 Å². The zero-order valence-corrected chi connectivity index (χ0v) is 17.9. The average Bonchev–Trinajstić information content (AvgIpc) is 3.15. The molecular formula is C24H31N3O3. The highest BCUT2D eigenvalue weighted by atomic mass is 16.5. The fourth-order valence-electron chi connectivity index (χ4n) is 4.58. The number of carbonyl (C=O) groups excluding carboxylic acids is 2. The van der Waals surface area contributed by atoms with Crippen molar-refractivity contribution in [2.24, 2.45) is 11.3 Å². The minimum atomic E-state index is -0.669. The van der Waals surface area contributed by atoms with Gasteiger partial charge in [-0.25, -0.2) is 0 Å². The zero-order chi connectivity index (χ0) is 21.1. The lowest BCUT2D eigenvalue weighted by atomic mass is 9.74. The Morgan fingerprint density at radius 2 is 2.00 bits per heavy atom. The van der Waals surface area contributed by atoms with Crippen LogP contribution in [0.3, 0.4) is 0 Å². The van der Waals surface area contributed by atoms with E-state index in [1.807, 2.05) is 49.1 Å². The summed E-state index contributed by atoms with van der Waals surface area (Å²) in [5.74, 6) is 1.06. The third-order valence-electron chi connectivity index (χ3n) is 6.58. The molecule has 1 saturated heterocycles. The SMILES string of the molecule is CCNC(=O)[C@@]1(Cc2cc(-c3ccc(C)cc3)no2)CCCN(C(=O)C2CCC2)C1. The van der Waals surface area contributed by atoms with Crippen LogP contribution in [0.5, 0.6) is 0 Å². The van der Waals surface area contributed by atoms with Crippen LogP contribution in [0.25, 0.3) is 11.3 Å². The average molecular weight is 410 g/mol. The van der Waals surface area contributed by atoms with Gasteiger partial charge in [-0.1, -0.05) is 41.4 Å². The monoisotopic (exact) mass is 409 g/mol. The maximum Gasteiger partial charge on any atom is 0.228 e. The maximum atomic E-state index is 13.1. The molecule has 2 amide bonds. The molecule has 0 bridgehead atoms. The first-order valence-corrected chi connectivity index (χ1v) is 11.1. The van der Waals surface area contributed by atoms with E-state index in [1.54, 1.807) is 0 Å². The number of amides is 2. The number of likely N-dealkylation sites (tertiary alicyclic amines) is 1. The second-order valence-electron chi connectivity index (χ2n) is 8.85. The molecule has 4 rings (SSSR count). The lowest BCUT2D eigenvalue weighted by molar-refractivity contribution is -0.146. The summed E-state index contributed by atoms with van der Waals surface area (Å²) in [4.78, 5) is 27.9. The topological polar surface area (TPSA) is 75.4 Å². The van der Waals surface area contributed by atoms with Gasteiger partial charge < -0.3 is 14.7 Å². The van der Waals surface area contributed by atoms with Crippen LogP contribution in [0.15, 0.2) is 34.9 Å². The Morgan fingerprint density at radius 1 is 1.23 bits per heavy atom. The molecule has 1 atom stereocenters. The van der Waals surface area contributed by atoms with Gasteiger partial charge in [0.25, 0.3) is 0 Å². The largest absolute Gasteiger partial charge is 0.361 e. The number of aryl methyl sites for hydroxylation is 1. The molecule has 0 spiro atoms. The number of benzene rings is 1. The van der Waals surface area contributed by atoms with Gasteiger partial charge in [0, 0.05) is 43.6 Å². The van der Waals surface area contributed by atoms with E-state index in [-0.39, 0.29) is 17.7 Å². The van der Waals surface area contributed by atoms with E-state index in [1.165, 1.54) is 5.56 Å². The van der Waals surface area contributed by atoms with Crippen LogP contribution >= 0.6 is 0 Å². The van der Waals surface area contributed by atoms with Crippen molar-refractivity contribution in [2.45, 2.75) is 52.4 Å². The number of nitrogens with one attached hydrogen (secondary N) is 1.